The van der Waals surface area contributed by atoms with Gasteiger partial charge in [0.1, 0.15) is 11.5 Å². The van der Waals surface area contributed by atoms with Crippen molar-refractivity contribution in [3.8, 4) is 0 Å². The highest BCUT2D eigenvalue weighted by molar-refractivity contribution is 9.09. The molecule has 0 fully saturated rings. The molecule has 0 aliphatic carbocycles. The minimum absolute atomic E-state index is 0.402. The van der Waals surface area contributed by atoms with E-state index in [0.29, 0.717) is 4.83 Å². The number of rotatable bonds is 4. The molecule has 0 saturated heterocycles. The van der Waals surface area contributed by atoms with Gasteiger partial charge in [-0.1, -0.05) is 46.3 Å². The van der Waals surface area contributed by atoms with Crippen LogP contribution < -0.4 is 0 Å². The number of hydrogen-bond donors (Lipinski definition) is 0. The van der Waals surface area contributed by atoms with Crippen LogP contribution in [0.25, 0.3) is 0 Å². The highest BCUT2D eigenvalue weighted by Crippen LogP contribution is 2.27. The fourth-order valence-corrected chi connectivity index (χ4v) is 2.25. The third-order valence-electron chi connectivity index (χ3n) is 2.60. The molecule has 0 aliphatic rings. The molecular weight excluding hydrogens is 264 g/mol. The summed E-state index contributed by atoms with van der Waals surface area (Å²) in [6, 6.07) is 14.5. The van der Waals surface area contributed by atoms with Crippen molar-refractivity contribution in [2.45, 2.75) is 24.6 Å². The van der Waals surface area contributed by atoms with Crippen LogP contribution in [0.15, 0.2) is 46.9 Å². The summed E-state index contributed by atoms with van der Waals surface area (Å²) in [6.45, 7) is 1.98. The molecule has 0 saturated carbocycles. The van der Waals surface area contributed by atoms with Crippen LogP contribution in [0.1, 0.15) is 28.3 Å². The molecule has 1 atom stereocenters. The van der Waals surface area contributed by atoms with E-state index in [1.165, 1.54) is 5.56 Å². The van der Waals surface area contributed by atoms with Gasteiger partial charge in [0, 0.05) is 11.2 Å². The lowest BCUT2D eigenvalue weighted by molar-refractivity contribution is 0.477. The highest BCUT2D eigenvalue weighted by Gasteiger charge is 2.08. The second-order valence-corrected chi connectivity index (χ2v) is 5.03. The van der Waals surface area contributed by atoms with Crippen molar-refractivity contribution in [1.29, 1.82) is 0 Å². The number of hydrogen-bond acceptors (Lipinski definition) is 1. The van der Waals surface area contributed by atoms with Crippen LogP contribution in [0.3, 0.4) is 0 Å². The maximum absolute atomic E-state index is 5.55. The SMILES string of the molecule is Cc1ccc(CCC(Br)c2ccccc2)o1. The summed E-state index contributed by atoms with van der Waals surface area (Å²) in [5.41, 5.74) is 1.32. The lowest BCUT2D eigenvalue weighted by Crippen LogP contribution is -1.92. The van der Waals surface area contributed by atoms with E-state index in [-0.39, 0.29) is 0 Å². The van der Waals surface area contributed by atoms with Gasteiger partial charge < -0.3 is 4.42 Å². The predicted octanol–water partition coefficient (Wildman–Crippen LogP) is 4.66. The Bertz CT molecular complexity index is 433. The molecular formula is C14H15BrO. The van der Waals surface area contributed by atoms with Crippen LogP contribution in [0.2, 0.25) is 0 Å². The molecule has 84 valence electrons. The van der Waals surface area contributed by atoms with Gasteiger partial charge in [-0.3, -0.25) is 0 Å². The van der Waals surface area contributed by atoms with Gasteiger partial charge in [-0.15, -0.1) is 0 Å². The molecule has 2 aromatic rings. The van der Waals surface area contributed by atoms with Crippen LogP contribution in [0.5, 0.6) is 0 Å². The second-order valence-electron chi connectivity index (χ2n) is 3.93. The molecule has 0 spiro atoms. The normalized spacial score (nSPS) is 12.6. The van der Waals surface area contributed by atoms with E-state index in [4.69, 9.17) is 4.42 Å². The Morgan fingerprint density at radius 3 is 2.50 bits per heavy atom. The smallest absolute Gasteiger partial charge is 0.104 e. The first-order valence-electron chi connectivity index (χ1n) is 5.50. The van der Waals surface area contributed by atoms with Gasteiger partial charge in [0.25, 0.3) is 0 Å². The molecule has 0 amide bonds. The molecule has 0 radical (unpaired) electrons. The summed E-state index contributed by atoms with van der Waals surface area (Å²) < 4.78 is 5.55. The maximum Gasteiger partial charge on any atom is 0.104 e. The molecule has 0 bridgehead atoms. The summed E-state index contributed by atoms with van der Waals surface area (Å²) in [6.07, 6.45) is 2.02. The third kappa shape index (κ3) is 2.99. The Balaban J connectivity index is 1.91. The van der Waals surface area contributed by atoms with Crippen molar-refractivity contribution >= 4 is 15.9 Å². The summed E-state index contributed by atoms with van der Waals surface area (Å²) in [7, 11) is 0. The van der Waals surface area contributed by atoms with Crippen LogP contribution in [-0.2, 0) is 6.42 Å². The monoisotopic (exact) mass is 278 g/mol. The number of aryl methyl sites for hydroxylation is 2. The Labute approximate surface area is 105 Å². The standard InChI is InChI=1S/C14H15BrO/c1-11-7-8-13(16-11)9-10-14(15)12-5-3-2-4-6-12/h2-8,14H,9-10H2,1H3. The van der Waals surface area contributed by atoms with Gasteiger partial charge in [0.2, 0.25) is 0 Å². The van der Waals surface area contributed by atoms with Crippen molar-refractivity contribution < 1.29 is 4.42 Å². The Morgan fingerprint density at radius 2 is 1.88 bits per heavy atom. The molecule has 1 heterocycles. The van der Waals surface area contributed by atoms with E-state index >= 15 is 0 Å². The third-order valence-corrected chi connectivity index (χ3v) is 3.59. The number of halogens is 1. The first-order chi connectivity index (χ1) is 7.75. The number of furan rings is 1. The largest absolute Gasteiger partial charge is 0.466 e. The molecule has 16 heavy (non-hydrogen) atoms. The molecule has 1 aromatic carbocycles. The number of benzene rings is 1. The van der Waals surface area contributed by atoms with Gasteiger partial charge in [0.05, 0.1) is 0 Å². The molecule has 2 heteroatoms. The molecule has 1 aromatic heterocycles. The Morgan fingerprint density at radius 1 is 1.12 bits per heavy atom. The maximum atomic E-state index is 5.55. The summed E-state index contributed by atoms with van der Waals surface area (Å²) in [5.74, 6) is 2.05. The van der Waals surface area contributed by atoms with E-state index < -0.39 is 0 Å². The van der Waals surface area contributed by atoms with E-state index in [1.807, 2.05) is 19.1 Å². The summed E-state index contributed by atoms with van der Waals surface area (Å²) in [4.78, 5) is 0.402. The Kier molecular flexibility index (Phi) is 3.83. The van der Waals surface area contributed by atoms with Crippen LogP contribution in [0.4, 0.5) is 0 Å². The van der Waals surface area contributed by atoms with Crippen LogP contribution in [-0.4, -0.2) is 0 Å². The van der Waals surface area contributed by atoms with E-state index in [9.17, 15) is 0 Å². The van der Waals surface area contributed by atoms with Gasteiger partial charge in [-0.05, 0) is 31.0 Å². The van der Waals surface area contributed by atoms with Gasteiger partial charge in [0.15, 0.2) is 0 Å². The van der Waals surface area contributed by atoms with E-state index in [0.717, 1.165) is 24.4 Å². The van der Waals surface area contributed by atoms with Crippen molar-refractivity contribution in [1.82, 2.24) is 0 Å². The second kappa shape index (κ2) is 5.35. The average molecular weight is 279 g/mol. The highest BCUT2D eigenvalue weighted by atomic mass is 79.9. The van der Waals surface area contributed by atoms with Crippen molar-refractivity contribution in [3.05, 3.63) is 59.5 Å². The van der Waals surface area contributed by atoms with E-state index in [1.54, 1.807) is 0 Å². The van der Waals surface area contributed by atoms with Crippen molar-refractivity contribution in [3.63, 3.8) is 0 Å². The fraction of sp³-hybridized carbons (Fsp3) is 0.286. The van der Waals surface area contributed by atoms with Gasteiger partial charge >= 0.3 is 0 Å². The molecule has 0 N–H and O–H groups in total. The minimum atomic E-state index is 0.402. The van der Waals surface area contributed by atoms with Crippen molar-refractivity contribution in [2.75, 3.05) is 0 Å². The molecule has 1 nitrogen and oxygen atoms in total. The Hall–Kier alpha value is -1.02. The first kappa shape index (κ1) is 11.5. The zero-order valence-electron chi connectivity index (χ0n) is 9.32. The molecule has 1 unspecified atom stereocenters. The van der Waals surface area contributed by atoms with Crippen molar-refractivity contribution in [2.24, 2.45) is 0 Å². The zero-order chi connectivity index (χ0) is 11.4. The fourth-order valence-electron chi connectivity index (χ4n) is 1.72. The topological polar surface area (TPSA) is 13.1 Å². The lowest BCUT2D eigenvalue weighted by Gasteiger charge is -2.08. The molecule has 2 rings (SSSR count). The van der Waals surface area contributed by atoms with Gasteiger partial charge in [-0.25, -0.2) is 0 Å². The summed E-state index contributed by atoms with van der Waals surface area (Å²) >= 11 is 3.71. The quantitative estimate of drug-likeness (QED) is 0.742. The predicted molar refractivity (Wildman–Crippen MR) is 69.9 cm³/mol. The summed E-state index contributed by atoms with van der Waals surface area (Å²) in [5, 5.41) is 0. The molecule has 0 aliphatic heterocycles. The first-order valence-corrected chi connectivity index (χ1v) is 6.41. The van der Waals surface area contributed by atoms with Crippen LogP contribution >= 0.6 is 15.9 Å². The average Bonchev–Trinajstić information content (AvgIpc) is 2.73. The van der Waals surface area contributed by atoms with Crippen LogP contribution in [0, 0.1) is 6.92 Å². The minimum Gasteiger partial charge on any atom is -0.466 e. The van der Waals surface area contributed by atoms with E-state index in [2.05, 4.69) is 46.3 Å². The number of alkyl halides is 1. The zero-order valence-corrected chi connectivity index (χ0v) is 10.9. The lowest BCUT2D eigenvalue weighted by atomic mass is 10.1. The van der Waals surface area contributed by atoms with Gasteiger partial charge in [-0.2, -0.15) is 0 Å².